The summed E-state index contributed by atoms with van der Waals surface area (Å²) >= 11 is 3.62. The Bertz CT molecular complexity index is 734. The minimum absolute atomic E-state index is 0.306. The van der Waals surface area contributed by atoms with Crippen LogP contribution in [0.15, 0.2) is 22.7 Å². The van der Waals surface area contributed by atoms with Crippen LogP contribution in [0, 0.1) is 11.8 Å². The van der Waals surface area contributed by atoms with Crippen LogP contribution in [0.1, 0.15) is 63.5 Å². The van der Waals surface area contributed by atoms with Crippen molar-refractivity contribution in [3.05, 3.63) is 33.8 Å². The standard InChI is InChI=1S/C24H36BrN3O/c1-17(2)18-3-6-21(7-4-18)27-12-9-24(10-13-27)22-8-5-20(25)15-19(22)16-28(14-11-26)23(24)29/h5,8,15,17-18,21H,3-4,6-7,9-14,16,26H2,1-2H3/t18-,21+. The smallest absolute Gasteiger partial charge is 0.233 e. The first-order valence-electron chi connectivity index (χ1n) is 11.5. The van der Waals surface area contributed by atoms with E-state index in [0.717, 1.165) is 42.2 Å². The van der Waals surface area contributed by atoms with E-state index >= 15 is 0 Å². The van der Waals surface area contributed by atoms with Gasteiger partial charge in [0, 0.05) is 30.1 Å². The maximum Gasteiger partial charge on any atom is 0.233 e. The van der Waals surface area contributed by atoms with Gasteiger partial charge in [-0.15, -0.1) is 0 Å². The van der Waals surface area contributed by atoms with Crippen molar-refractivity contribution in [3.8, 4) is 0 Å². The number of halogens is 1. The van der Waals surface area contributed by atoms with Crippen LogP contribution in [-0.2, 0) is 16.8 Å². The summed E-state index contributed by atoms with van der Waals surface area (Å²) < 4.78 is 1.09. The van der Waals surface area contributed by atoms with E-state index in [4.69, 9.17) is 5.73 Å². The third-order valence-corrected chi connectivity index (χ3v) is 8.39. The van der Waals surface area contributed by atoms with Gasteiger partial charge in [0.05, 0.1) is 5.41 Å². The van der Waals surface area contributed by atoms with Crippen LogP contribution in [0.4, 0.5) is 0 Å². The summed E-state index contributed by atoms with van der Waals surface area (Å²) in [7, 11) is 0. The lowest BCUT2D eigenvalue weighted by atomic mass is 9.67. The number of carbonyl (C=O) groups is 1. The second-order valence-electron chi connectivity index (χ2n) is 9.75. The van der Waals surface area contributed by atoms with E-state index in [1.807, 2.05) is 4.90 Å². The van der Waals surface area contributed by atoms with Crippen molar-refractivity contribution in [2.24, 2.45) is 17.6 Å². The number of rotatable bonds is 4. The van der Waals surface area contributed by atoms with Crippen LogP contribution < -0.4 is 5.73 Å². The van der Waals surface area contributed by atoms with Gasteiger partial charge >= 0.3 is 0 Å². The number of fused-ring (bicyclic) bond motifs is 2. The predicted octanol–water partition coefficient (Wildman–Crippen LogP) is 4.30. The van der Waals surface area contributed by atoms with Gasteiger partial charge in [-0.25, -0.2) is 0 Å². The minimum Gasteiger partial charge on any atom is -0.336 e. The highest BCUT2D eigenvalue weighted by Gasteiger charge is 2.49. The summed E-state index contributed by atoms with van der Waals surface area (Å²) in [5.41, 5.74) is 8.03. The van der Waals surface area contributed by atoms with Crippen molar-refractivity contribution in [2.45, 2.75) is 70.4 Å². The minimum atomic E-state index is -0.352. The molecule has 5 heteroatoms. The van der Waals surface area contributed by atoms with Gasteiger partial charge in [0.1, 0.15) is 0 Å². The van der Waals surface area contributed by atoms with Crippen molar-refractivity contribution >= 4 is 21.8 Å². The molecule has 4 rings (SSSR count). The molecule has 2 fully saturated rings. The molecule has 1 amide bonds. The average molecular weight is 462 g/mol. The molecule has 1 aliphatic carbocycles. The Labute approximate surface area is 184 Å². The molecule has 1 saturated heterocycles. The fourth-order valence-electron chi connectivity index (χ4n) is 6.08. The summed E-state index contributed by atoms with van der Waals surface area (Å²) in [6, 6.07) is 7.21. The molecule has 1 spiro atoms. The molecule has 4 nitrogen and oxygen atoms in total. The molecule has 2 heterocycles. The topological polar surface area (TPSA) is 49.6 Å². The highest BCUT2D eigenvalue weighted by atomic mass is 79.9. The number of hydrogen-bond acceptors (Lipinski definition) is 3. The predicted molar refractivity (Wildman–Crippen MR) is 122 cm³/mol. The van der Waals surface area contributed by atoms with E-state index in [1.165, 1.54) is 36.8 Å². The molecule has 2 N–H and O–H groups in total. The number of hydrogen-bond donors (Lipinski definition) is 1. The van der Waals surface area contributed by atoms with Crippen molar-refractivity contribution in [2.75, 3.05) is 26.2 Å². The van der Waals surface area contributed by atoms with Crippen molar-refractivity contribution in [1.29, 1.82) is 0 Å². The zero-order valence-corrected chi connectivity index (χ0v) is 19.6. The zero-order valence-electron chi connectivity index (χ0n) is 18.0. The van der Waals surface area contributed by atoms with Crippen molar-refractivity contribution < 1.29 is 4.79 Å². The Morgan fingerprint density at radius 1 is 1.17 bits per heavy atom. The van der Waals surface area contributed by atoms with E-state index < -0.39 is 0 Å². The van der Waals surface area contributed by atoms with Crippen LogP contribution >= 0.6 is 15.9 Å². The summed E-state index contributed by atoms with van der Waals surface area (Å²) in [5, 5.41) is 0. The second-order valence-corrected chi connectivity index (χ2v) is 10.7. The number of benzene rings is 1. The third kappa shape index (κ3) is 4.03. The number of nitrogens with two attached hydrogens (primary N) is 1. The summed E-state index contributed by atoms with van der Waals surface area (Å²) in [4.78, 5) is 18.3. The van der Waals surface area contributed by atoms with Gasteiger partial charge in [-0.2, -0.15) is 0 Å². The summed E-state index contributed by atoms with van der Waals surface area (Å²) in [6.07, 6.45) is 7.25. The monoisotopic (exact) mass is 461 g/mol. The molecule has 0 atom stereocenters. The highest BCUT2D eigenvalue weighted by molar-refractivity contribution is 9.10. The molecule has 2 aliphatic heterocycles. The zero-order chi connectivity index (χ0) is 20.6. The molecule has 0 bridgehead atoms. The van der Waals surface area contributed by atoms with Gasteiger partial charge in [0.15, 0.2) is 0 Å². The lowest BCUT2D eigenvalue weighted by molar-refractivity contribution is -0.142. The molecule has 160 valence electrons. The fraction of sp³-hybridized carbons (Fsp3) is 0.708. The normalized spacial score (nSPS) is 27.5. The number of nitrogens with zero attached hydrogens (tertiary/aromatic N) is 2. The second kappa shape index (κ2) is 8.68. The third-order valence-electron chi connectivity index (χ3n) is 7.89. The highest BCUT2D eigenvalue weighted by Crippen LogP contribution is 2.44. The van der Waals surface area contributed by atoms with Crippen LogP contribution in [0.3, 0.4) is 0 Å². The molecule has 1 saturated carbocycles. The maximum absolute atomic E-state index is 13.6. The summed E-state index contributed by atoms with van der Waals surface area (Å²) in [5.74, 6) is 2.02. The van der Waals surface area contributed by atoms with Gasteiger partial charge < -0.3 is 15.5 Å². The van der Waals surface area contributed by atoms with Crippen LogP contribution in [0.2, 0.25) is 0 Å². The van der Waals surface area contributed by atoms with Gasteiger partial charge in [0.2, 0.25) is 5.91 Å². The first-order chi connectivity index (χ1) is 13.9. The Morgan fingerprint density at radius 2 is 1.86 bits per heavy atom. The maximum atomic E-state index is 13.6. The van der Waals surface area contributed by atoms with E-state index in [2.05, 4.69) is 52.9 Å². The van der Waals surface area contributed by atoms with Crippen LogP contribution in [0.25, 0.3) is 0 Å². The molecule has 0 radical (unpaired) electrons. The molecule has 1 aromatic rings. The Kier molecular flexibility index (Phi) is 6.38. The van der Waals surface area contributed by atoms with E-state index in [-0.39, 0.29) is 5.41 Å². The lowest BCUT2D eigenvalue weighted by Crippen LogP contribution is -2.57. The van der Waals surface area contributed by atoms with Gasteiger partial charge in [-0.3, -0.25) is 4.79 Å². The quantitative estimate of drug-likeness (QED) is 0.726. The number of carbonyl (C=O) groups excluding carboxylic acids is 1. The molecular weight excluding hydrogens is 426 g/mol. The molecule has 29 heavy (non-hydrogen) atoms. The Balaban J connectivity index is 1.51. The van der Waals surface area contributed by atoms with E-state index in [0.29, 0.717) is 31.6 Å². The Hall–Kier alpha value is -0.910. The fourth-order valence-corrected chi connectivity index (χ4v) is 6.49. The largest absolute Gasteiger partial charge is 0.336 e. The summed E-state index contributed by atoms with van der Waals surface area (Å²) in [6.45, 7) is 8.67. The number of piperidine rings is 1. The van der Waals surface area contributed by atoms with Crippen molar-refractivity contribution in [3.63, 3.8) is 0 Å². The molecular formula is C24H36BrN3O. The molecule has 0 unspecified atom stereocenters. The van der Waals surface area contributed by atoms with Crippen LogP contribution in [0.5, 0.6) is 0 Å². The Morgan fingerprint density at radius 3 is 2.48 bits per heavy atom. The van der Waals surface area contributed by atoms with Gasteiger partial charge in [0.25, 0.3) is 0 Å². The van der Waals surface area contributed by atoms with E-state index in [1.54, 1.807) is 0 Å². The first kappa shape index (κ1) is 21.3. The van der Waals surface area contributed by atoms with Crippen molar-refractivity contribution in [1.82, 2.24) is 9.80 Å². The van der Waals surface area contributed by atoms with Crippen LogP contribution in [-0.4, -0.2) is 47.9 Å². The average Bonchev–Trinajstić information content (AvgIpc) is 2.72. The first-order valence-corrected chi connectivity index (χ1v) is 12.3. The van der Waals surface area contributed by atoms with Gasteiger partial charge in [-0.05, 0) is 86.7 Å². The molecule has 0 aromatic heterocycles. The van der Waals surface area contributed by atoms with E-state index in [9.17, 15) is 4.79 Å². The number of amides is 1. The lowest BCUT2D eigenvalue weighted by Gasteiger charge is -2.49. The molecule has 3 aliphatic rings. The van der Waals surface area contributed by atoms with Gasteiger partial charge in [-0.1, -0.05) is 35.8 Å². The SMILES string of the molecule is CC(C)[C@H]1CC[C@@H](N2CCC3(CC2)C(=O)N(CCN)Cc2cc(Br)ccc23)CC1. The molecule has 1 aromatic carbocycles. The number of likely N-dealkylation sites (tertiary alicyclic amines) is 1.